The molecule has 22 heavy (non-hydrogen) atoms. The minimum absolute atomic E-state index is 0.0976. The molecule has 0 unspecified atom stereocenters. The van der Waals surface area contributed by atoms with E-state index in [1.54, 1.807) is 18.6 Å². The molecule has 6 nitrogen and oxygen atoms in total. The number of ether oxygens (including phenoxy) is 1. The molecule has 0 N–H and O–H groups in total. The van der Waals surface area contributed by atoms with E-state index < -0.39 is 0 Å². The van der Waals surface area contributed by atoms with E-state index in [4.69, 9.17) is 16.3 Å². The van der Waals surface area contributed by atoms with Crippen molar-refractivity contribution in [3.63, 3.8) is 0 Å². The third-order valence-corrected chi connectivity index (χ3v) is 4.01. The first-order valence-corrected chi connectivity index (χ1v) is 7.46. The van der Waals surface area contributed by atoms with Crippen molar-refractivity contribution in [2.75, 3.05) is 0 Å². The maximum Gasteiger partial charge on any atom is 0.245 e. The van der Waals surface area contributed by atoms with Gasteiger partial charge in [-0.05, 0) is 31.9 Å². The number of halogens is 1. The van der Waals surface area contributed by atoms with Crippen LogP contribution in [0.4, 0.5) is 0 Å². The first kappa shape index (κ1) is 13.5. The van der Waals surface area contributed by atoms with Gasteiger partial charge in [-0.1, -0.05) is 11.6 Å². The Hall–Kier alpha value is -2.21. The predicted octanol–water partition coefficient (Wildman–Crippen LogP) is 2.85. The summed E-state index contributed by atoms with van der Waals surface area (Å²) < 4.78 is 7.86. The molecule has 112 valence electrons. The van der Waals surface area contributed by atoms with Crippen LogP contribution in [0.25, 0.3) is 11.2 Å². The quantitative estimate of drug-likeness (QED) is 0.740. The second kappa shape index (κ2) is 4.91. The third-order valence-electron chi connectivity index (χ3n) is 3.78. The first-order valence-electron chi connectivity index (χ1n) is 7.08. The van der Waals surface area contributed by atoms with Crippen molar-refractivity contribution >= 4 is 22.8 Å². The predicted molar refractivity (Wildman–Crippen MR) is 81.9 cm³/mol. The number of pyridine rings is 1. The second-order valence-corrected chi connectivity index (χ2v) is 6.18. The maximum absolute atomic E-state index is 6.00. The van der Waals surface area contributed by atoms with Gasteiger partial charge in [-0.2, -0.15) is 4.98 Å². The fraction of sp³-hybridized carbons (Fsp3) is 0.333. The lowest BCUT2D eigenvalue weighted by Crippen LogP contribution is -2.13. The van der Waals surface area contributed by atoms with Crippen LogP contribution in [0.3, 0.4) is 0 Å². The minimum Gasteiger partial charge on any atom is -0.470 e. The molecule has 3 aromatic heterocycles. The van der Waals surface area contributed by atoms with E-state index in [0.29, 0.717) is 23.0 Å². The molecule has 0 aromatic carbocycles. The van der Waals surface area contributed by atoms with E-state index >= 15 is 0 Å². The van der Waals surface area contributed by atoms with Crippen LogP contribution in [-0.2, 0) is 6.54 Å². The number of hydrogen-bond donors (Lipinski definition) is 0. The monoisotopic (exact) mass is 315 g/mol. The van der Waals surface area contributed by atoms with Crippen molar-refractivity contribution in [1.82, 2.24) is 24.5 Å². The van der Waals surface area contributed by atoms with E-state index in [1.165, 1.54) is 6.33 Å². The summed E-state index contributed by atoms with van der Waals surface area (Å²) in [5.41, 5.74) is 2.16. The lowest BCUT2D eigenvalue weighted by atomic mass is 10.3. The number of fused-ring (bicyclic) bond motifs is 1. The van der Waals surface area contributed by atoms with Gasteiger partial charge in [-0.25, -0.2) is 9.97 Å². The summed E-state index contributed by atoms with van der Waals surface area (Å²) in [5, 5.41) is 0.662. The summed E-state index contributed by atoms with van der Waals surface area (Å²) >= 11 is 6.00. The number of nitrogens with zero attached hydrogens (tertiary/aromatic N) is 5. The maximum atomic E-state index is 6.00. The summed E-state index contributed by atoms with van der Waals surface area (Å²) in [7, 11) is 0. The molecule has 3 aromatic rings. The Morgan fingerprint density at radius 1 is 1.27 bits per heavy atom. The van der Waals surface area contributed by atoms with E-state index in [-0.39, 0.29) is 5.60 Å². The Balaban J connectivity index is 1.69. The van der Waals surface area contributed by atoms with Crippen LogP contribution in [0.15, 0.2) is 31.0 Å². The van der Waals surface area contributed by atoms with E-state index in [2.05, 4.69) is 26.9 Å². The summed E-state index contributed by atoms with van der Waals surface area (Å²) in [5.74, 6) is 0.544. The Bertz CT molecular complexity index is 843. The molecule has 0 aliphatic heterocycles. The molecule has 0 saturated heterocycles. The van der Waals surface area contributed by atoms with Crippen molar-refractivity contribution in [3.05, 3.63) is 41.7 Å². The fourth-order valence-electron chi connectivity index (χ4n) is 2.27. The standard InChI is InChI=1S/C15H14ClN5O/c1-15(3-4-15)22-14-12-13(18-8-19-14)21(9-20-12)7-11-6-10(16)2-5-17-11/h2,5-6,8-9H,3-4,7H2,1H3. The van der Waals surface area contributed by atoms with Gasteiger partial charge in [0, 0.05) is 11.2 Å². The molecule has 0 bridgehead atoms. The van der Waals surface area contributed by atoms with E-state index in [0.717, 1.165) is 24.2 Å². The molecule has 1 aliphatic carbocycles. The molecule has 0 radical (unpaired) electrons. The van der Waals surface area contributed by atoms with Gasteiger partial charge in [-0.15, -0.1) is 0 Å². The molecule has 7 heteroatoms. The molecular formula is C15H14ClN5O. The van der Waals surface area contributed by atoms with E-state index in [9.17, 15) is 0 Å². The fourth-order valence-corrected chi connectivity index (χ4v) is 2.45. The zero-order valence-electron chi connectivity index (χ0n) is 12.0. The SMILES string of the molecule is CC1(Oc2ncnc3c2ncn3Cc2cc(Cl)ccn2)CC1. The minimum atomic E-state index is -0.0976. The van der Waals surface area contributed by atoms with Gasteiger partial charge in [-0.3, -0.25) is 4.98 Å². The van der Waals surface area contributed by atoms with Crippen molar-refractivity contribution in [2.24, 2.45) is 0 Å². The Morgan fingerprint density at radius 3 is 2.91 bits per heavy atom. The zero-order valence-corrected chi connectivity index (χ0v) is 12.8. The average molecular weight is 316 g/mol. The Kier molecular flexibility index (Phi) is 3.00. The summed E-state index contributed by atoms with van der Waals surface area (Å²) in [6.07, 6.45) is 7.02. The summed E-state index contributed by atoms with van der Waals surface area (Å²) in [4.78, 5) is 17.2. The van der Waals surface area contributed by atoms with Gasteiger partial charge in [0.2, 0.25) is 5.88 Å². The van der Waals surface area contributed by atoms with Crippen molar-refractivity contribution in [2.45, 2.75) is 31.9 Å². The van der Waals surface area contributed by atoms with Gasteiger partial charge in [0.25, 0.3) is 0 Å². The van der Waals surface area contributed by atoms with Crippen LogP contribution in [0.2, 0.25) is 5.02 Å². The summed E-state index contributed by atoms with van der Waals surface area (Å²) in [6, 6.07) is 3.58. The largest absolute Gasteiger partial charge is 0.470 e. The highest BCUT2D eigenvalue weighted by Gasteiger charge is 2.41. The molecule has 1 fully saturated rings. The third kappa shape index (κ3) is 2.50. The number of aromatic nitrogens is 5. The highest BCUT2D eigenvalue weighted by Crippen LogP contribution is 2.40. The lowest BCUT2D eigenvalue weighted by molar-refractivity contribution is 0.194. The highest BCUT2D eigenvalue weighted by molar-refractivity contribution is 6.30. The highest BCUT2D eigenvalue weighted by atomic mass is 35.5. The number of rotatable bonds is 4. The van der Waals surface area contributed by atoms with Crippen LogP contribution >= 0.6 is 11.6 Å². The van der Waals surface area contributed by atoms with Gasteiger partial charge < -0.3 is 9.30 Å². The molecule has 1 saturated carbocycles. The van der Waals surface area contributed by atoms with E-state index in [1.807, 2.05) is 10.6 Å². The number of hydrogen-bond acceptors (Lipinski definition) is 5. The lowest BCUT2D eigenvalue weighted by Gasteiger charge is -2.11. The second-order valence-electron chi connectivity index (χ2n) is 5.74. The topological polar surface area (TPSA) is 65.7 Å². The Morgan fingerprint density at radius 2 is 2.14 bits per heavy atom. The summed E-state index contributed by atoms with van der Waals surface area (Å²) in [6.45, 7) is 2.62. The van der Waals surface area contributed by atoms with Gasteiger partial charge in [0.15, 0.2) is 11.2 Å². The van der Waals surface area contributed by atoms with Gasteiger partial charge >= 0.3 is 0 Å². The van der Waals surface area contributed by atoms with Crippen LogP contribution in [-0.4, -0.2) is 30.1 Å². The molecular weight excluding hydrogens is 302 g/mol. The van der Waals surface area contributed by atoms with Gasteiger partial charge in [0.05, 0.1) is 18.6 Å². The normalized spacial score (nSPS) is 15.9. The zero-order chi connectivity index (χ0) is 15.2. The average Bonchev–Trinajstić information content (AvgIpc) is 3.07. The molecule has 0 amide bonds. The van der Waals surface area contributed by atoms with Crippen molar-refractivity contribution in [1.29, 1.82) is 0 Å². The smallest absolute Gasteiger partial charge is 0.245 e. The molecule has 3 heterocycles. The van der Waals surface area contributed by atoms with Crippen LogP contribution in [0.1, 0.15) is 25.5 Å². The molecule has 1 aliphatic rings. The molecule has 0 atom stereocenters. The van der Waals surface area contributed by atoms with Crippen LogP contribution in [0, 0.1) is 0 Å². The first-order chi connectivity index (χ1) is 10.6. The molecule has 4 rings (SSSR count). The van der Waals surface area contributed by atoms with Gasteiger partial charge in [0.1, 0.15) is 11.9 Å². The van der Waals surface area contributed by atoms with Crippen molar-refractivity contribution in [3.8, 4) is 5.88 Å². The Labute approximate surface area is 132 Å². The molecule has 0 spiro atoms. The van der Waals surface area contributed by atoms with Crippen molar-refractivity contribution < 1.29 is 4.74 Å². The van der Waals surface area contributed by atoms with Crippen LogP contribution in [0.5, 0.6) is 5.88 Å². The van der Waals surface area contributed by atoms with Crippen LogP contribution < -0.4 is 4.74 Å². The number of imidazole rings is 1.